The SMILES string of the molecule is C=C(/C=C\C(=C)C(C)(C)C(C)(C)C)C1=CC=C(C(C)(C)C(C)(C)C)CC1.CC. The summed E-state index contributed by atoms with van der Waals surface area (Å²) in [6.07, 6.45) is 11.1. The highest BCUT2D eigenvalue weighted by molar-refractivity contribution is 5.45. The number of hydrogen-bond donors (Lipinski definition) is 0. The second kappa shape index (κ2) is 9.47. The van der Waals surface area contributed by atoms with Crippen LogP contribution >= 0.6 is 0 Å². The van der Waals surface area contributed by atoms with E-state index >= 15 is 0 Å². The summed E-state index contributed by atoms with van der Waals surface area (Å²) in [5.41, 5.74) is 5.85. The van der Waals surface area contributed by atoms with Crippen molar-refractivity contribution in [3.63, 3.8) is 0 Å². The molecule has 0 aromatic rings. The molecule has 0 nitrogen and oxygen atoms in total. The fraction of sp³-hybridized carbons (Fsp3) is 0.643. The van der Waals surface area contributed by atoms with Crippen LogP contribution in [0.3, 0.4) is 0 Å². The van der Waals surface area contributed by atoms with Crippen molar-refractivity contribution in [1.82, 2.24) is 0 Å². The first-order chi connectivity index (χ1) is 12.5. The van der Waals surface area contributed by atoms with E-state index in [0.717, 1.165) is 24.0 Å². The molecule has 1 aliphatic carbocycles. The fourth-order valence-electron chi connectivity index (χ4n) is 2.91. The van der Waals surface area contributed by atoms with Crippen LogP contribution in [-0.4, -0.2) is 0 Å². The quantitative estimate of drug-likeness (QED) is 0.414. The summed E-state index contributed by atoms with van der Waals surface area (Å²) >= 11 is 0. The van der Waals surface area contributed by atoms with E-state index in [9.17, 15) is 0 Å². The van der Waals surface area contributed by atoms with Crippen LogP contribution in [0, 0.1) is 21.7 Å². The second-order valence-electron chi connectivity index (χ2n) is 11.0. The molecule has 0 aromatic carbocycles. The van der Waals surface area contributed by atoms with Gasteiger partial charge in [-0.15, -0.1) is 0 Å². The van der Waals surface area contributed by atoms with Crippen LogP contribution in [0.5, 0.6) is 0 Å². The van der Waals surface area contributed by atoms with Crippen molar-refractivity contribution in [2.45, 2.75) is 95.9 Å². The first kappa shape index (κ1) is 26.7. The molecule has 0 saturated carbocycles. The first-order valence-corrected chi connectivity index (χ1v) is 11.0. The second-order valence-corrected chi connectivity index (χ2v) is 11.0. The first-order valence-electron chi connectivity index (χ1n) is 11.0. The Morgan fingerprint density at radius 3 is 1.61 bits per heavy atom. The van der Waals surface area contributed by atoms with Crippen molar-refractivity contribution in [2.75, 3.05) is 0 Å². The minimum atomic E-state index is 0.0501. The Hall–Kier alpha value is -1.30. The van der Waals surface area contributed by atoms with E-state index in [1.54, 1.807) is 5.57 Å². The monoisotopic (exact) mass is 384 g/mol. The molecule has 0 spiro atoms. The highest BCUT2D eigenvalue weighted by atomic mass is 14.4. The standard InChI is InChI=1S/C26H42.C2H6/c1-19(13-14-20(2)25(9,10)23(3,4)5)21-15-17-22(18-16-21)26(11,12)24(6,7)8;1-2/h13-15,17H,1-2,16,18H2,3-12H3;1-2H3/b14-13-;. The molecule has 0 bridgehead atoms. The third-order valence-electron chi connectivity index (χ3n) is 7.40. The molecule has 28 heavy (non-hydrogen) atoms. The summed E-state index contributed by atoms with van der Waals surface area (Å²) in [6, 6.07) is 0. The predicted octanol–water partition coefficient (Wildman–Crippen LogP) is 9.47. The lowest BCUT2D eigenvalue weighted by Crippen LogP contribution is -2.32. The predicted molar refractivity (Wildman–Crippen MR) is 131 cm³/mol. The molecule has 0 saturated heterocycles. The van der Waals surface area contributed by atoms with Gasteiger partial charge in [-0.2, -0.15) is 0 Å². The van der Waals surface area contributed by atoms with Crippen LogP contribution in [0.4, 0.5) is 0 Å². The van der Waals surface area contributed by atoms with Gasteiger partial charge in [0, 0.05) is 0 Å². The average Bonchev–Trinajstić information content (AvgIpc) is 2.59. The Kier molecular flexibility index (Phi) is 9.03. The molecular formula is C28H48. The normalized spacial score (nSPS) is 16.1. The molecule has 0 heterocycles. The molecule has 0 aromatic heterocycles. The third kappa shape index (κ3) is 6.10. The van der Waals surface area contributed by atoms with Crippen molar-refractivity contribution in [3.8, 4) is 0 Å². The van der Waals surface area contributed by atoms with Crippen LogP contribution in [-0.2, 0) is 0 Å². The van der Waals surface area contributed by atoms with Crippen molar-refractivity contribution < 1.29 is 0 Å². The summed E-state index contributed by atoms with van der Waals surface area (Å²) in [5, 5.41) is 0. The zero-order valence-electron chi connectivity index (χ0n) is 21.1. The number of rotatable bonds is 5. The molecular weight excluding hydrogens is 336 g/mol. The van der Waals surface area contributed by atoms with Gasteiger partial charge in [-0.3, -0.25) is 0 Å². The molecule has 160 valence electrons. The summed E-state index contributed by atoms with van der Waals surface area (Å²) in [7, 11) is 0. The van der Waals surface area contributed by atoms with Crippen molar-refractivity contribution in [3.05, 3.63) is 59.8 Å². The van der Waals surface area contributed by atoms with Crippen LogP contribution in [0.2, 0.25) is 0 Å². The molecule has 0 N–H and O–H groups in total. The zero-order chi connectivity index (χ0) is 22.6. The van der Waals surface area contributed by atoms with Gasteiger partial charge in [0.05, 0.1) is 0 Å². The van der Waals surface area contributed by atoms with Crippen LogP contribution < -0.4 is 0 Å². The van der Waals surface area contributed by atoms with Gasteiger partial charge in [0.2, 0.25) is 0 Å². The molecule has 0 atom stereocenters. The Balaban J connectivity index is 0.00000352. The minimum absolute atomic E-state index is 0.0501. The van der Waals surface area contributed by atoms with Crippen LogP contribution in [0.1, 0.15) is 95.9 Å². The highest BCUT2D eigenvalue weighted by Crippen LogP contribution is 2.47. The summed E-state index contributed by atoms with van der Waals surface area (Å²) < 4.78 is 0. The smallest absolute Gasteiger partial charge is 0.00609 e. The Morgan fingerprint density at radius 1 is 0.750 bits per heavy atom. The lowest BCUT2D eigenvalue weighted by molar-refractivity contribution is 0.172. The van der Waals surface area contributed by atoms with Gasteiger partial charge in [-0.25, -0.2) is 0 Å². The molecule has 0 amide bonds. The van der Waals surface area contributed by atoms with Crippen molar-refractivity contribution >= 4 is 0 Å². The maximum atomic E-state index is 4.32. The Labute approximate surface area is 177 Å². The summed E-state index contributed by atoms with van der Waals surface area (Å²) in [5.74, 6) is 0. The van der Waals surface area contributed by atoms with Crippen LogP contribution in [0.15, 0.2) is 59.8 Å². The fourth-order valence-corrected chi connectivity index (χ4v) is 2.91. The number of hydrogen-bond acceptors (Lipinski definition) is 0. The largest absolute Gasteiger partial charge is 0.0953 e. The highest BCUT2D eigenvalue weighted by Gasteiger charge is 2.36. The maximum Gasteiger partial charge on any atom is -0.00609 e. The summed E-state index contributed by atoms with van der Waals surface area (Å²) in [6.45, 7) is 35.7. The topological polar surface area (TPSA) is 0 Å². The van der Waals surface area contributed by atoms with Gasteiger partial charge in [-0.05, 0) is 51.2 Å². The van der Waals surface area contributed by atoms with E-state index in [4.69, 9.17) is 0 Å². The van der Waals surface area contributed by atoms with Crippen molar-refractivity contribution in [2.24, 2.45) is 21.7 Å². The molecule has 0 heteroatoms. The minimum Gasteiger partial charge on any atom is -0.0953 e. The van der Waals surface area contributed by atoms with E-state index in [0.29, 0.717) is 0 Å². The van der Waals surface area contributed by atoms with Crippen LogP contribution in [0.25, 0.3) is 0 Å². The Bertz CT molecular complexity index is 643. The van der Waals surface area contributed by atoms with Gasteiger partial charge < -0.3 is 0 Å². The van der Waals surface area contributed by atoms with Gasteiger partial charge in [0.1, 0.15) is 0 Å². The summed E-state index contributed by atoms with van der Waals surface area (Å²) in [4.78, 5) is 0. The molecule has 0 radical (unpaired) electrons. The molecule has 0 unspecified atom stereocenters. The lowest BCUT2D eigenvalue weighted by Gasteiger charge is -2.42. The maximum absolute atomic E-state index is 4.32. The van der Waals surface area contributed by atoms with Crippen molar-refractivity contribution in [1.29, 1.82) is 0 Å². The van der Waals surface area contributed by atoms with Gasteiger partial charge >= 0.3 is 0 Å². The van der Waals surface area contributed by atoms with E-state index in [2.05, 4.69) is 107 Å². The van der Waals surface area contributed by atoms with E-state index in [1.807, 2.05) is 13.8 Å². The van der Waals surface area contributed by atoms with E-state index in [1.165, 1.54) is 5.57 Å². The molecule has 1 rings (SSSR count). The molecule has 1 aliphatic rings. The zero-order valence-corrected chi connectivity index (χ0v) is 21.1. The van der Waals surface area contributed by atoms with Gasteiger partial charge in [0.25, 0.3) is 0 Å². The average molecular weight is 385 g/mol. The van der Waals surface area contributed by atoms with E-state index < -0.39 is 0 Å². The number of allylic oxidation sites excluding steroid dienone is 8. The molecule has 0 fully saturated rings. The Morgan fingerprint density at radius 2 is 1.25 bits per heavy atom. The van der Waals surface area contributed by atoms with Gasteiger partial charge in [0.15, 0.2) is 0 Å². The third-order valence-corrected chi connectivity index (χ3v) is 7.40. The van der Waals surface area contributed by atoms with E-state index in [-0.39, 0.29) is 21.7 Å². The van der Waals surface area contributed by atoms with Gasteiger partial charge in [-0.1, -0.05) is 126 Å². The lowest BCUT2D eigenvalue weighted by atomic mass is 9.63. The molecule has 0 aliphatic heterocycles.